The zero-order valence-electron chi connectivity index (χ0n) is 14.6. The van der Waals surface area contributed by atoms with Crippen LogP contribution in [-0.2, 0) is 20.9 Å². The first kappa shape index (κ1) is 16.7. The van der Waals surface area contributed by atoms with E-state index in [0.29, 0.717) is 18.5 Å². The minimum atomic E-state index is -0.646. The molecule has 1 unspecified atom stereocenters. The summed E-state index contributed by atoms with van der Waals surface area (Å²) in [5, 5.41) is 0. The topological polar surface area (TPSA) is 55.8 Å². The number of rotatable bonds is 3. The quantitative estimate of drug-likeness (QED) is 0.800. The minimum Gasteiger partial charge on any atom is -0.497 e. The number of amides is 1. The van der Waals surface area contributed by atoms with E-state index in [1.807, 2.05) is 38.1 Å². The van der Waals surface area contributed by atoms with Crippen molar-refractivity contribution in [3.8, 4) is 5.75 Å². The highest BCUT2D eigenvalue weighted by Gasteiger charge is 2.43. The van der Waals surface area contributed by atoms with E-state index in [1.165, 1.54) is 0 Å². The molecule has 0 saturated heterocycles. The summed E-state index contributed by atoms with van der Waals surface area (Å²) in [6.45, 7) is 6.37. The maximum Gasteiger partial charge on any atom is 0.237 e. The summed E-state index contributed by atoms with van der Waals surface area (Å²) in [6, 6.07) is 7.64. The van der Waals surface area contributed by atoms with Gasteiger partial charge in [-0.2, -0.15) is 0 Å². The Bertz CT molecular complexity index is 703. The summed E-state index contributed by atoms with van der Waals surface area (Å²) in [7, 11) is 1.62. The molecule has 0 radical (unpaired) electrons. The molecule has 0 aliphatic carbocycles. The van der Waals surface area contributed by atoms with E-state index in [1.54, 1.807) is 18.9 Å². The van der Waals surface area contributed by atoms with Crippen molar-refractivity contribution in [2.75, 3.05) is 13.7 Å². The molecular weight excluding hydrogens is 306 g/mol. The van der Waals surface area contributed by atoms with Crippen LogP contribution in [0.5, 0.6) is 5.75 Å². The van der Waals surface area contributed by atoms with E-state index in [0.717, 1.165) is 17.0 Å². The van der Waals surface area contributed by atoms with Crippen molar-refractivity contribution < 1.29 is 19.1 Å². The molecule has 2 heterocycles. The number of ether oxygens (including phenoxy) is 2. The molecule has 0 fully saturated rings. The molecular formula is C19H23NO4. The summed E-state index contributed by atoms with van der Waals surface area (Å²) in [5.41, 5.74) is 2.09. The second kappa shape index (κ2) is 6.06. The summed E-state index contributed by atoms with van der Waals surface area (Å²) >= 11 is 0. The summed E-state index contributed by atoms with van der Waals surface area (Å²) < 4.78 is 11.0. The fourth-order valence-electron chi connectivity index (χ4n) is 3.21. The highest BCUT2D eigenvalue weighted by atomic mass is 16.5. The molecule has 5 nitrogen and oxygen atoms in total. The van der Waals surface area contributed by atoms with Gasteiger partial charge in [0.05, 0.1) is 31.8 Å². The number of carbonyl (C=O) groups excluding carboxylic acids is 2. The maximum absolute atomic E-state index is 12.7. The third-order valence-corrected chi connectivity index (χ3v) is 4.70. The molecule has 0 aromatic heterocycles. The Morgan fingerprint density at radius 3 is 2.54 bits per heavy atom. The van der Waals surface area contributed by atoms with Crippen molar-refractivity contribution in [2.24, 2.45) is 5.92 Å². The lowest BCUT2D eigenvalue weighted by Crippen LogP contribution is -2.48. The third kappa shape index (κ3) is 2.96. The predicted molar refractivity (Wildman–Crippen MR) is 89.4 cm³/mol. The average Bonchev–Trinajstić information content (AvgIpc) is 2.56. The predicted octanol–water partition coefficient (Wildman–Crippen LogP) is 2.70. The van der Waals surface area contributed by atoms with Crippen LogP contribution in [0, 0.1) is 5.92 Å². The van der Waals surface area contributed by atoms with Crippen LogP contribution in [0.25, 0.3) is 0 Å². The molecule has 128 valence electrons. The molecule has 2 aliphatic heterocycles. The van der Waals surface area contributed by atoms with Gasteiger partial charge in [0.1, 0.15) is 5.75 Å². The van der Waals surface area contributed by atoms with Gasteiger partial charge in [-0.15, -0.1) is 0 Å². The number of Topliss-reactive ketones (excluding diaryl/α,β-unsaturated/α-hetero) is 1. The Morgan fingerprint density at radius 1 is 1.25 bits per heavy atom. The van der Waals surface area contributed by atoms with Crippen LogP contribution in [0.2, 0.25) is 0 Å². The van der Waals surface area contributed by atoms with Crippen LogP contribution in [0.1, 0.15) is 32.8 Å². The van der Waals surface area contributed by atoms with Gasteiger partial charge >= 0.3 is 0 Å². The lowest BCUT2D eigenvalue weighted by molar-refractivity contribution is -0.142. The van der Waals surface area contributed by atoms with Gasteiger partial charge in [-0.05, 0) is 38.5 Å². The molecule has 0 spiro atoms. The SMILES string of the molecule is COc1ccc(CN2C(=O)C(C)C(=O)C3=C2CC(C)(C)OC3)cc1. The molecule has 1 aromatic carbocycles. The molecule has 24 heavy (non-hydrogen) atoms. The molecule has 1 atom stereocenters. The van der Waals surface area contributed by atoms with Crippen molar-refractivity contribution in [3.63, 3.8) is 0 Å². The van der Waals surface area contributed by atoms with Crippen LogP contribution in [0.15, 0.2) is 35.5 Å². The van der Waals surface area contributed by atoms with Gasteiger partial charge in [-0.25, -0.2) is 0 Å². The Hall–Kier alpha value is -2.14. The lowest BCUT2D eigenvalue weighted by Gasteiger charge is -2.41. The average molecular weight is 329 g/mol. The molecule has 1 amide bonds. The first-order valence-corrected chi connectivity index (χ1v) is 8.17. The Kier molecular flexibility index (Phi) is 4.22. The second-order valence-corrected chi connectivity index (χ2v) is 7.01. The molecule has 0 N–H and O–H groups in total. The summed E-state index contributed by atoms with van der Waals surface area (Å²) in [5.74, 6) is -0.102. The largest absolute Gasteiger partial charge is 0.497 e. The van der Waals surface area contributed by atoms with Crippen molar-refractivity contribution in [1.82, 2.24) is 4.90 Å². The van der Waals surface area contributed by atoms with Gasteiger partial charge in [0.2, 0.25) is 5.91 Å². The number of hydrogen-bond donors (Lipinski definition) is 0. The van der Waals surface area contributed by atoms with Crippen LogP contribution in [-0.4, -0.2) is 35.9 Å². The van der Waals surface area contributed by atoms with E-state index < -0.39 is 5.92 Å². The highest BCUT2D eigenvalue weighted by Crippen LogP contribution is 2.37. The Labute approximate surface area is 142 Å². The fourth-order valence-corrected chi connectivity index (χ4v) is 3.21. The number of benzene rings is 1. The van der Waals surface area contributed by atoms with Crippen LogP contribution in [0.3, 0.4) is 0 Å². The number of carbonyl (C=O) groups is 2. The fraction of sp³-hybridized carbons (Fsp3) is 0.474. The van der Waals surface area contributed by atoms with Crippen molar-refractivity contribution in [2.45, 2.75) is 39.3 Å². The molecule has 5 heteroatoms. The van der Waals surface area contributed by atoms with Crippen LogP contribution in [0.4, 0.5) is 0 Å². The van der Waals surface area contributed by atoms with E-state index in [2.05, 4.69) is 0 Å². The Morgan fingerprint density at radius 2 is 1.92 bits per heavy atom. The summed E-state index contributed by atoms with van der Waals surface area (Å²) in [6.07, 6.45) is 0.558. The number of hydrogen-bond acceptors (Lipinski definition) is 4. The van der Waals surface area contributed by atoms with Crippen molar-refractivity contribution in [3.05, 3.63) is 41.1 Å². The van der Waals surface area contributed by atoms with Crippen molar-refractivity contribution in [1.29, 1.82) is 0 Å². The van der Waals surface area contributed by atoms with Crippen LogP contribution >= 0.6 is 0 Å². The molecule has 1 aromatic rings. The number of methoxy groups -OCH3 is 1. The second-order valence-electron chi connectivity index (χ2n) is 7.01. The van der Waals surface area contributed by atoms with Crippen LogP contribution < -0.4 is 4.74 Å². The molecule has 3 rings (SSSR count). The molecule has 0 bridgehead atoms. The van der Waals surface area contributed by atoms with Gasteiger partial charge in [0.15, 0.2) is 5.78 Å². The van der Waals surface area contributed by atoms with Gasteiger partial charge in [0.25, 0.3) is 0 Å². The van der Waals surface area contributed by atoms with Crippen molar-refractivity contribution >= 4 is 11.7 Å². The third-order valence-electron chi connectivity index (χ3n) is 4.70. The lowest BCUT2D eigenvalue weighted by atomic mass is 9.85. The van der Waals surface area contributed by atoms with E-state index in [-0.39, 0.29) is 23.9 Å². The zero-order chi connectivity index (χ0) is 17.5. The highest BCUT2D eigenvalue weighted by molar-refractivity contribution is 6.13. The Balaban J connectivity index is 1.95. The zero-order valence-corrected chi connectivity index (χ0v) is 14.6. The standard InChI is InChI=1S/C19H23NO4/c1-12-17(21)15-11-24-19(2,3)9-16(15)20(18(12)22)10-13-5-7-14(23-4)8-6-13/h5-8,12H,9-11H2,1-4H3. The van der Waals surface area contributed by atoms with Gasteiger partial charge in [-0.3, -0.25) is 9.59 Å². The number of ketones is 1. The minimum absolute atomic E-state index is 0.100. The van der Waals surface area contributed by atoms with E-state index in [4.69, 9.17) is 9.47 Å². The first-order chi connectivity index (χ1) is 11.3. The van der Waals surface area contributed by atoms with Gasteiger partial charge in [0, 0.05) is 17.7 Å². The van der Waals surface area contributed by atoms with E-state index >= 15 is 0 Å². The van der Waals surface area contributed by atoms with E-state index in [9.17, 15) is 9.59 Å². The molecule has 2 aliphatic rings. The first-order valence-electron chi connectivity index (χ1n) is 8.17. The van der Waals surface area contributed by atoms with Gasteiger partial charge in [-0.1, -0.05) is 12.1 Å². The summed E-state index contributed by atoms with van der Waals surface area (Å²) in [4.78, 5) is 27.0. The smallest absolute Gasteiger partial charge is 0.237 e. The maximum atomic E-state index is 12.7. The normalized spacial score (nSPS) is 23.3. The monoisotopic (exact) mass is 329 g/mol. The molecule has 0 saturated carbocycles. The van der Waals surface area contributed by atoms with Gasteiger partial charge < -0.3 is 14.4 Å². The number of nitrogens with zero attached hydrogens (tertiary/aromatic N) is 1.